The maximum atomic E-state index is 11.3. The Morgan fingerprint density at radius 3 is 2.58 bits per heavy atom. The first kappa shape index (κ1) is 9.52. The Morgan fingerprint density at radius 1 is 1.50 bits per heavy atom. The molecule has 0 bridgehead atoms. The molecule has 3 heteroatoms. The molecule has 0 aromatic heterocycles. The molecule has 0 radical (unpaired) electrons. The van der Waals surface area contributed by atoms with Crippen molar-refractivity contribution in [3.05, 3.63) is 0 Å². The second-order valence-corrected chi connectivity index (χ2v) is 3.23. The van der Waals surface area contributed by atoms with Gasteiger partial charge in [-0.15, -0.1) is 0 Å². The van der Waals surface area contributed by atoms with Crippen molar-refractivity contribution >= 4 is 5.97 Å². The number of carbonyl (C=O) groups is 1. The minimum absolute atomic E-state index is 0.0709. The number of hydrogen-bond donors (Lipinski definition) is 1. The third-order valence-corrected chi connectivity index (χ3v) is 2.13. The highest BCUT2D eigenvalue weighted by molar-refractivity contribution is 5.84. The van der Waals surface area contributed by atoms with Crippen LogP contribution in [0, 0.1) is 0 Å². The Bertz CT molecular complexity index is 164. The van der Waals surface area contributed by atoms with Gasteiger partial charge in [-0.25, -0.2) is 0 Å². The Balaban J connectivity index is 2.32. The van der Waals surface area contributed by atoms with Crippen LogP contribution in [-0.2, 0) is 9.53 Å². The van der Waals surface area contributed by atoms with Crippen molar-refractivity contribution in [2.75, 3.05) is 13.2 Å². The van der Waals surface area contributed by atoms with Gasteiger partial charge < -0.3 is 10.1 Å². The first-order chi connectivity index (χ1) is 5.75. The molecule has 70 valence electrons. The predicted molar refractivity (Wildman–Crippen MR) is 46.9 cm³/mol. The van der Waals surface area contributed by atoms with Gasteiger partial charge in [-0.1, -0.05) is 6.92 Å². The molecule has 1 aliphatic carbocycles. The summed E-state index contributed by atoms with van der Waals surface area (Å²) in [5.74, 6) is -0.0709. The fourth-order valence-electron chi connectivity index (χ4n) is 1.21. The molecule has 0 amide bonds. The first-order valence-corrected chi connectivity index (χ1v) is 4.67. The minimum atomic E-state index is -0.300. The van der Waals surface area contributed by atoms with Crippen molar-refractivity contribution in [1.82, 2.24) is 5.32 Å². The lowest BCUT2D eigenvalue weighted by atomic mass is 10.2. The normalized spacial score (nSPS) is 18.8. The largest absolute Gasteiger partial charge is 0.465 e. The van der Waals surface area contributed by atoms with Crippen LogP contribution < -0.4 is 5.32 Å². The van der Waals surface area contributed by atoms with E-state index in [-0.39, 0.29) is 11.5 Å². The van der Waals surface area contributed by atoms with Gasteiger partial charge in [0.1, 0.15) is 5.54 Å². The molecule has 1 rings (SSSR count). The summed E-state index contributed by atoms with van der Waals surface area (Å²) in [6.07, 6.45) is 2.93. The summed E-state index contributed by atoms with van der Waals surface area (Å²) in [6, 6.07) is 0. The van der Waals surface area contributed by atoms with Gasteiger partial charge in [0, 0.05) is 0 Å². The summed E-state index contributed by atoms with van der Waals surface area (Å²) in [5.41, 5.74) is -0.300. The summed E-state index contributed by atoms with van der Waals surface area (Å²) in [7, 11) is 0. The number of rotatable bonds is 5. The molecule has 0 spiro atoms. The summed E-state index contributed by atoms with van der Waals surface area (Å²) in [6.45, 7) is 5.31. The lowest BCUT2D eigenvalue weighted by Gasteiger charge is -2.14. The Morgan fingerprint density at radius 2 is 2.17 bits per heavy atom. The molecule has 12 heavy (non-hydrogen) atoms. The quantitative estimate of drug-likeness (QED) is 0.629. The molecule has 1 N–H and O–H groups in total. The summed E-state index contributed by atoms with van der Waals surface area (Å²) in [5, 5.41) is 3.23. The van der Waals surface area contributed by atoms with Gasteiger partial charge in [0.15, 0.2) is 0 Å². The van der Waals surface area contributed by atoms with Crippen molar-refractivity contribution in [2.45, 2.75) is 38.6 Å². The Kier molecular flexibility index (Phi) is 3.09. The first-order valence-electron chi connectivity index (χ1n) is 4.67. The summed E-state index contributed by atoms with van der Waals surface area (Å²) >= 11 is 0. The zero-order chi connectivity index (χ0) is 9.03. The summed E-state index contributed by atoms with van der Waals surface area (Å²) in [4.78, 5) is 11.3. The fraction of sp³-hybridized carbons (Fsp3) is 0.889. The predicted octanol–water partition coefficient (Wildman–Crippen LogP) is 1.08. The molecule has 1 fully saturated rings. The standard InChI is InChI=1S/C9H17NO2/c1-3-7-10-9(5-6-9)8(11)12-4-2/h10H,3-7H2,1-2H3. The van der Waals surface area contributed by atoms with Crippen LogP contribution in [0.3, 0.4) is 0 Å². The van der Waals surface area contributed by atoms with Crippen LogP contribution in [0.2, 0.25) is 0 Å². The smallest absolute Gasteiger partial charge is 0.326 e. The van der Waals surface area contributed by atoms with E-state index >= 15 is 0 Å². The van der Waals surface area contributed by atoms with Gasteiger partial charge in [0.2, 0.25) is 0 Å². The Hall–Kier alpha value is -0.570. The van der Waals surface area contributed by atoms with Crippen molar-refractivity contribution in [1.29, 1.82) is 0 Å². The number of carbonyl (C=O) groups excluding carboxylic acids is 1. The highest BCUT2D eigenvalue weighted by Crippen LogP contribution is 2.36. The second kappa shape index (κ2) is 3.90. The summed E-state index contributed by atoms with van der Waals surface area (Å²) < 4.78 is 4.96. The maximum Gasteiger partial charge on any atom is 0.326 e. The zero-order valence-corrected chi connectivity index (χ0v) is 7.85. The third-order valence-electron chi connectivity index (χ3n) is 2.13. The van der Waals surface area contributed by atoms with Gasteiger partial charge in [-0.2, -0.15) is 0 Å². The van der Waals surface area contributed by atoms with Crippen LogP contribution in [0.1, 0.15) is 33.1 Å². The molecule has 1 aliphatic rings. The monoisotopic (exact) mass is 171 g/mol. The number of hydrogen-bond acceptors (Lipinski definition) is 3. The number of ether oxygens (including phenoxy) is 1. The van der Waals surface area contributed by atoms with Gasteiger partial charge >= 0.3 is 5.97 Å². The second-order valence-electron chi connectivity index (χ2n) is 3.23. The lowest BCUT2D eigenvalue weighted by Crippen LogP contribution is -2.40. The van der Waals surface area contributed by atoms with Gasteiger partial charge in [0.25, 0.3) is 0 Å². The number of nitrogens with one attached hydrogen (secondary N) is 1. The highest BCUT2D eigenvalue weighted by Gasteiger charge is 2.50. The molecule has 0 heterocycles. The molecular formula is C9H17NO2. The van der Waals surface area contributed by atoms with Crippen LogP contribution in [0.15, 0.2) is 0 Å². The van der Waals surface area contributed by atoms with E-state index in [1.165, 1.54) is 0 Å². The zero-order valence-electron chi connectivity index (χ0n) is 7.85. The van der Waals surface area contributed by atoms with Crippen molar-refractivity contribution in [3.8, 4) is 0 Å². The topological polar surface area (TPSA) is 38.3 Å². The molecule has 0 saturated heterocycles. The van der Waals surface area contributed by atoms with Gasteiger partial charge in [-0.3, -0.25) is 4.79 Å². The highest BCUT2D eigenvalue weighted by atomic mass is 16.5. The molecule has 0 aromatic rings. The molecule has 3 nitrogen and oxygen atoms in total. The van der Waals surface area contributed by atoms with Crippen LogP contribution >= 0.6 is 0 Å². The SMILES string of the molecule is CCCNC1(C(=O)OCC)CC1. The van der Waals surface area contributed by atoms with E-state index in [9.17, 15) is 4.79 Å². The average Bonchev–Trinajstić information content (AvgIpc) is 2.82. The fourth-order valence-corrected chi connectivity index (χ4v) is 1.21. The van der Waals surface area contributed by atoms with E-state index in [4.69, 9.17) is 4.74 Å². The van der Waals surface area contributed by atoms with E-state index in [0.717, 1.165) is 25.8 Å². The van der Waals surface area contributed by atoms with Crippen molar-refractivity contribution < 1.29 is 9.53 Å². The molecule has 0 unspecified atom stereocenters. The average molecular weight is 171 g/mol. The minimum Gasteiger partial charge on any atom is -0.465 e. The van der Waals surface area contributed by atoms with Crippen LogP contribution in [-0.4, -0.2) is 24.7 Å². The van der Waals surface area contributed by atoms with E-state index < -0.39 is 0 Å². The Labute approximate surface area is 73.5 Å². The van der Waals surface area contributed by atoms with E-state index in [1.807, 2.05) is 6.92 Å². The molecule has 1 saturated carbocycles. The van der Waals surface area contributed by atoms with Gasteiger partial charge in [-0.05, 0) is 32.7 Å². The van der Waals surface area contributed by atoms with Crippen LogP contribution in [0.25, 0.3) is 0 Å². The van der Waals surface area contributed by atoms with E-state index in [1.54, 1.807) is 0 Å². The molecule has 0 aromatic carbocycles. The van der Waals surface area contributed by atoms with E-state index in [0.29, 0.717) is 6.61 Å². The molecular weight excluding hydrogens is 154 g/mol. The molecule has 0 atom stereocenters. The van der Waals surface area contributed by atoms with Crippen LogP contribution in [0.5, 0.6) is 0 Å². The van der Waals surface area contributed by atoms with Crippen LogP contribution in [0.4, 0.5) is 0 Å². The van der Waals surface area contributed by atoms with Crippen molar-refractivity contribution in [2.24, 2.45) is 0 Å². The van der Waals surface area contributed by atoms with Crippen molar-refractivity contribution in [3.63, 3.8) is 0 Å². The maximum absolute atomic E-state index is 11.3. The third kappa shape index (κ3) is 1.97. The lowest BCUT2D eigenvalue weighted by molar-refractivity contribution is -0.146. The molecule has 0 aliphatic heterocycles. The van der Waals surface area contributed by atoms with Gasteiger partial charge in [0.05, 0.1) is 6.61 Å². The number of esters is 1. The van der Waals surface area contributed by atoms with E-state index in [2.05, 4.69) is 12.2 Å².